The molecule has 0 atom stereocenters. The van der Waals surface area contributed by atoms with Crippen LogP contribution in [0.3, 0.4) is 0 Å². The zero-order chi connectivity index (χ0) is 9.97. The highest BCUT2D eigenvalue weighted by atomic mass is 32.1. The van der Waals surface area contributed by atoms with Crippen LogP contribution >= 0.6 is 11.3 Å². The van der Waals surface area contributed by atoms with Crippen molar-refractivity contribution in [1.29, 1.82) is 0 Å². The van der Waals surface area contributed by atoms with Crippen LogP contribution in [-0.2, 0) is 0 Å². The third-order valence-corrected chi connectivity index (χ3v) is 2.46. The van der Waals surface area contributed by atoms with Crippen LogP contribution in [0.5, 0.6) is 0 Å². The minimum absolute atomic E-state index is 0.273. The van der Waals surface area contributed by atoms with E-state index in [2.05, 4.69) is 15.2 Å². The summed E-state index contributed by atoms with van der Waals surface area (Å²) in [5, 5.41) is 7.15. The average Bonchev–Trinajstić information content (AvgIpc) is 2.68. The number of pyridine rings is 1. The van der Waals surface area contributed by atoms with Crippen molar-refractivity contribution < 1.29 is 8.78 Å². The Morgan fingerprint density at radius 1 is 1.21 bits per heavy atom. The predicted octanol–water partition coefficient (Wildman–Crippen LogP) is 2.54. The van der Waals surface area contributed by atoms with Gasteiger partial charge in [0.05, 0.1) is 0 Å². The molecule has 0 saturated carbocycles. The first-order valence-corrected chi connectivity index (χ1v) is 4.62. The zero-order valence-corrected chi connectivity index (χ0v) is 7.71. The van der Waals surface area contributed by atoms with E-state index in [-0.39, 0.29) is 5.01 Å². The smallest absolute Gasteiger partial charge is 0.254 e. The Balaban J connectivity index is 2.34. The molecule has 0 aliphatic rings. The second-order valence-electron chi connectivity index (χ2n) is 2.46. The number of nitrogens with zero attached hydrogens (tertiary/aromatic N) is 3. The molecular formula is C8H5F2N3S. The van der Waals surface area contributed by atoms with Gasteiger partial charge in [0.25, 0.3) is 6.43 Å². The largest absolute Gasteiger partial charge is 0.291 e. The van der Waals surface area contributed by atoms with Crippen molar-refractivity contribution in [2.45, 2.75) is 6.43 Å². The molecule has 0 bridgehead atoms. The van der Waals surface area contributed by atoms with Crippen LogP contribution < -0.4 is 0 Å². The maximum absolute atomic E-state index is 12.2. The first kappa shape index (κ1) is 9.14. The van der Waals surface area contributed by atoms with Crippen molar-refractivity contribution in [3.8, 4) is 10.7 Å². The van der Waals surface area contributed by atoms with Gasteiger partial charge in [-0.15, -0.1) is 10.2 Å². The Bertz CT molecular complexity index is 416. The quantitative estimate of drug-likeness (QED) is 0.769. The lowest BCUT2D eigenvalue weighted by Gasteiger charge is -1.90. The van der Waals surface area contributed by atoms with Gasteiger partial charge in [0.1, 0.15) is 5.69 Å². The number of halogens is 2. The minimum Gasteiger partial charge on any atom is -0.254 e. The summed E-state index contributed by atoms with van der Waals surface area (Å²) >= 11 is 0.859. The van der Waals surface area contributed by atoms with Crippen LogP contribution in [0.2, 0.25) is 0 Å². The molecule has 2 aromatic heterocycles. The number of rotatable bonds is 2. The van der Waals surface area contributed by atoms with Crippen LogP contribution in [-0.4, -0.2) is 15.2 Å². The molecule has 0 aliphatic carbocycles. The van der Waals surface area contributed by atoms with E-state index in [1.807, 2.05) is 0 Å². The zero-order valence-electron chi connectivity index (χ0n) is 6.89. The molecule has 0 fully saturated rings. The fourth-order valence-corrected chi connectivity index (χ4v) is 1.59. The summed E-state index contributed by atoms with van der Waals surface area (Å²) in [6.45, 7) is 0. The normalized spacial score (nSPS) is 10.8. The van der Waals surface area contributed by atoms with E-state index in [9.17, 15) is 8.78 Å². The molecule has 2 aromatic rings. The van der Waals surface area contributed by atoms with Crippen LogP contribution in [0.25, 0.3) is 10.7 Å². The summed E-state index contributed by atoms with van der Waals surface area (Å²) in [6, 6.07) is 5.22. The second kappa shape index (κ2) is 3.75. The summed E-state index contributed by atoms with van der Waals surface area (Å²) < 4.78 is 24.4. The summed E-state index contributed by atoms with van der Waals surface area (Å²) in [7, 11) is 0. The lowest BCUT2D eigenvalue weighted by atomic mass is 10.4. The SMILES string of the molecule is FC(F)c1nnc(-c2ccccn2)s1. The minimum atomic E-state index is -2.56. The molecule has 3 nitrogen and oxygen atoms in total. The molecule has 0 N–H and O–H groups in total. The Morgan fingerprint density at radius 2 is 2.07 bits per heavy atom. The monoisotopic (exact) mass is 213 g/mol. The molecular weight excluding hydrogens is 208 g/mol. The van der Waals surface area contributed by atoms with Gasteiger partial charge in [0.15, 0.2) is 10.0 Å². The number of hydrogen-bond acceptors (Lipinski definition) is 4. The van der Waals surface area contributed by atoms with Gasteiger partial charge in [-0.1, -0.05) is 17.4 Å². The summed E-state index contributed by atoms with van der Waals surface area (Å²) in [5.41, 5.74) is 0.567. The molecule has 0 aliphatic heterocycles. The Labute approximate surface area is 82.5 Å². The van der Waals surface area contributed by atoms with E-state index in [0.29, 0.717) is 10.7 Å². The van der Waals surface area contributed by atoms with E-state index in [4.69, 9.17) is 0 Å². The topological polar surface area (TPSA) is 38.7 Å². The number of hydrogen-bond donors (Lipinski definition) is 0. The molecule has 0 amide bonds. The van der Waals surface area contributed by atoms with Gasteiger partial charge in [-0.25, -0.2) is 8.78 Å². The molecule has 6 heteroatoms. The summed E-state index contributed by atoms with van der Waals surface area (Å²) in [6.07, 6.45) is -0.983. The molecule has 2 heterocycles. The standard InChI is InChI=1S/C8H5F2N3S/c9-6(10)8-13-12-7(14-8)5-3-1-2-4-11-5/h1-4,6H. The molecule has 0 aromatic carbocycles. The highest BCUT2D eigenvalue weighted by Crippen LogP contribution is 2.27. The first-order valence-electron chi connectivity index (χ1n) is 3.80. The average molecular weight is 213 g/mol. The summed E-state index contributed by atoms with van der Waals surface area (Å²) in [4.78, 5) is 3.98. The molecule has 0 unspecified atom stereocenters. The van der Waals surface area contributed by atoms with Gasteiger partial charge in [-0.2, -0.15) is 0 Å². The highest BCUT2D eigenvalue weighted by molar-refractivity contribution is 7.14. The fraction of sp³-hybridized carbons (Fsp3) is 0.125. The van der Waals surface area contributed by atoms with Gasteiger partial charge in [-0.05, 0) is 12.1 Å². The van der Waals surface area contributed by atoms with Crippen molar-refractivity contribution in [1.82, 2.24) is 15.2 Å². The highest BCUT2D eigenvalue weighted by Gasteiger charge is 2.14. The van der Waals surface area contributed by atoms with E-state index in [1.54, 1.807) is 24.4 Å². The summed E-state index contributed by atoms with van der Waals surface area (Å²) in [5.74, 6) is 0. The maximum Gasteiger partial charge on any atom is 0.291 e. The Hall–Kier alpha value is -1.43. The lowest BCUT2D eigenvalue weighted by molar-refractivity contribution is 0.150. The van der Waals surface area contributed by atoms with Gasteiger partial charge >= 0.3 is 0 Å². The fourth-order valence-electron chi connectivity index (χ4n) is 0.916. The van der Waals surface area contributed by atoms with Crippen molar-refractivity contribution in [2.75, 3.05) is 0 Å². The molecule has 0 saturated heterocycles. The third kappa shape index (κ3) is 1.74. The Morgan fingerprint density at radius 3 is 2.64 bits per heavy atom. The van der Waals surface area contributed by atoms with Crippen LogP contribution in [0.1, 0.15) is 11.4 Å². The van der Waals surface area contributed by atoms with Crippen LogP contribution in [0, 0.1) is 0 Å². The van der Waals surface area contributed by atoms with E-state index in [1.165, 1.54) is 0 Å². The van der Waals surface area contributed by atoms with Crippen molar-refractivity contribution in [3.63, 3.8) is 0 Å². The molecule has 72 valence electrons. The molecule has 0 spiro atoms. The van der Waals surface area contributed by atoms with Crippen molar-refractivity contribution in [3.05, 3.63) is 29.4 Å². The van der Waals surface area contributed by atoms with Crippen molar-refractivity contribution in [2.24, 2.45) is 0 Å². The van der Waals surface area contributed by atoms with E-state index < -0.39 is 6.43 Å². The van der Waals surface area contributed by atoms with Gasteiger partial charge in [0.2, 0.25) is 0 Å². The van der Waals surface area contributed by atoms with Crippen LogP contribution in [0.4, 0.5) is 8.78 Å². The predicted molar refractivity (Wildman–Crippen MR) is 48.1 cm³/mol. The van der Waals surface area contributed by atoms with E-state index >= 15 is 0 Å². The van der Waals surface area contributed by atoms with Gasteiger partial charge in [-0.3, -0.25) is 4.98 Å². The van der Waals surface area contributed by atoms with Crippen LogP contribution in [0.15, 0.2) is 24.4 Å². The number of alkyl halides is 2. The van der Waals surface area contributed by atoms with Gasteiger partial charge < -0.3 is 0 Å². The Kier molecular flexibility index (Phi) is 2.45. The first-order chi connectivity index (χ1) is 6.77. The molecule has 2 rings (SSSR count). The van der Waals surface area contributed by atoms with Crippen molar-refractivity contribution >= 4 is 11.3 Å². The van der Waals surface area contributed by atoms with E-state index in [0.717, 1.165) is 11.3 Å². The lowest BCUT2D eigenvalue weighted by Crippen LogP contribution is -1.81. The second-order valence-corrected chi connectivity index (χ2v) is 3.47. The maximum atomic E-state index is 12.2. The van der Waals surface area contributed by atoms with Gasteiger partial charge in [0, 0.05) is 6.20 Å². The molecule has 0 radical (unpaired) electrons. The molecule has 14 heavy (non-hydrogen) atoms. The third-order valence-electron chi connectivity index (χ3n) is 1.51. The number of aromatic nitrogens is 3.